The number of nitriles is 1. The number of aromatic carboxylic acids is 2. The molecule has 0 atom stereocenters. The molecule has 7 rings (SSSR count). The lowest BCUT2D eigenvalue weighted by Crippen LogP contribution is -2.12. The maximum Gasteiger partial charge on any atom is 0.335 e. The zero-order chi connectivity index (χ0) is 39.7. The Bertz CT molecular complexity index is 2680. The van der Waals surface area contributed by atoms with Crippen molar-refractivity contribution in [1.29, 1.82) is 5.26 Å². The van der Waals surface area contributed by atoms with Gasteiger partial charge >= 0.3 is 11.9 Å². The molecule has 23 heteroatoms. The van der Waals surface area contributed by atoms with Gasteiger partial charge in [-0.05, 0) is 50.2 Å². The lowest BCUT2D eigenvalue weighted by molar-refractivity contribution is 0.0686. The number of nitrogens with two attached hydrogens (primary N) is 2. The van der Waals surface area contributed by atoms with E-state index in [0.29, 0.717) is 22.8 Å². The van der Waals surface area contributed by atoms with Crippen molar-refractivity contribution >= 4 is 52.3 Å². The topological polar surface area (TPSA) is 314 Å². The Morgan fingerprint density at radius 3 is 1.77 bits per heavy atom. The minimum absolute atomic E-state index is 0.00584. The number of azo groups is 2. The van der Waals surface area contributed by atoms with Crippen LogP contribution in [0.3, 0.4) is 0 Å². The number of nitrogen functional groups attached to an aromatic ring is 2. The minimum Gasteiger partial charge on any atom is -0.478 e. The highest BCUT2D eigenvalue weighted by Crippen LogP contribution is 2.36. The Labute approximate surface area is 313 Å². The van der Waals surface area contributed by atoms with Gasteiger partial charge in [0, 0.05) is 0 Å². The molecular weight excluding hydrogens is 726 g/mol. The Morgan fingerprint density at radius 2 is 1.27 bits per heavy atom. The largest absolute Gasteiger partial charge is 0.478 e. The van der Waals surface area contributed by atoms with E-state index in [1.807, 2.05) is 6.07 Å². The van der Waals surface area contributed by atoms with Crippen molar-refractivity contribution in [2.75, 3.05) is 11.5 Å². The average molecular weight is 750 g/mol. The van der Waals surface area contributed by atoms with Crippen molar-refractivity contribution in [2.24, 2.45) is 20.5 Å². The first kappa shape index (κ1) is 35.4. The lowest BCUT2D eigenvalue weighted by Gasteiger charge is -2.06. The third-order valence-corrected chi connectivity index (χ3v) is 7.93. The van der Waals surface area contributed by atoms with Crippen molar-refractivity contribution in [1.82, 2.24) is 54.1 Å². The first-order valence-electron chi connectivity index (χ1n) is 15.8. The van der Waals surface area contributed by atoms with Crippen LogP contribution in [0.4, 0.5) is 40.3 Å². The first-order valence-corrected chi connectivity index (χ1v) is 15.8. The lowest BCUT2D eigenvalue weighted by atomic mass is 10.2. The molecule has 7 aromatic rings. The molecule has 5 heterocycles. The number of hydrogen-bond donors (Lipinski definition) is 4. The molecule has 0 spiro atoms. The summed E-state index contributed by atoms with van der Waals surface area (Å²) in [4.78, 5) is 39.3. The summed E-state index contributed by atoms with van der Waals surface area (Å²) in [5.74, 6) is -2.38. The summed E-state index contributed by atoms with van der Waals surface area (Å²) in [5, 5.41) is 62.7. The molecule has 0 radical (unpaired) electrons. The summed E-state index contributed by atoms with van der Waals surface area (Å²) < 4.78 is 4.92. The van der Waals surface area contributed by atoms with Gasteiger partial charge in [0.05, 0.1) is 52.9 Å². The SMILES string of the molecule is [C-]#[N+]c1cnn(-c2cccc(C(=O)O)c2)c1N=Nc1c(C)nn(-c2ncnc(-n3nc(C)c(N=Nc4c(C#N)cnn4-c4cccc(C(=O)O)c4)c3N)n2)c1N. The van der Waals surface area contributed by atoms with E-state index in [2.05, 4.69) is 60.6 Å². The monoisotopic (exact) mass is 749 g/mol. The van der Waals surface area contributed by atoms with Crippen molar-refractivity contribution < 1.29 is 19.8 Å². The zero-order valence-electron chi connectivity index (χ0n) is 28.8. The Kier molecular flexibility index (Phi) is 8.98. The van der Waals surface area contributed by atoms with Crippen LogP contribution >= 0.6 is 0 Å². The summed E-state index contributed by atoms with van der Waals surface area (Å²) in [6.07, 6.45) is 3.73. The highest BCUT2D eigenvalue weighted by molar-refractivity contribution is 5.89. The highest BCUT2D eigenvalue weighted by atomic mass is 16.4. The molecule has 2 aromatic carbocycles. The number of rotatable bonds is 10. The molecule has 274 valence electrons. The molecule has 0 fully saturated rings. The van der Waals surface area contributed by atoms with Crippen molar-refractivity contribution in [3.05, 3.63) is 107 Å². The van der Waals surface area contributed by atoms with Gasteiger partial charge in [0.1, 0.15) is 18.0 Å². The molecule has 5 aromatic heterocycles. The van der Waals surface area contributed by atoms with Crippen LogP contribution in [0.2, 0.25) is 0 Å². The van der Waals surface area contributed by atoms with Crippen molar-refractivity contribution in [3.63, 3.8) is 0 Å². The number of hydrogen-bond acceptors (Lipinski definition) is 16. The second-order valence-corrected chi connectivity index (χ2v) is 11.4. The predicted molar refractivity (Wildman–Crippen MR) is 193 cm³/mol. The van der Waals surface area contributed by atoms with E-state index < -0.39 is 11.9 Å². The fourth-order valence-corrected chi connectivity index (χ4v) is 5.25. The van der Waals surface area contributed by atoms with Gasteiger partial charge in [-0.2, -0.15) is 50.0 Å². The molecule has 0 unspecified atom stereocenters. The highest BCUT2D eigenvalue weighted by Gasteiger charge is 2.22. The van der Waals surface area contributed by atoms with E-state index in [1.54, 1.807) is 26.0 Å². The van der Waals surface area contributed by atoms with Gasteiger partial charge in [-0.15, -0.1) is 20.5 Å². The molecule has 56 heavy (non-hydrogen) atoms. The standard InChI is InChI=1S/C33H23N19O4/c1-16-24(43-45-28-20(12-34)13-40-49(28)21-8-4-6-18(10-21)30(53)54)26(35)51(47-16)32-38-15-39-33(42-32)52-27(36)25(17(2)48-52)44-46-29-23(37-3)14-41-50(29)22-9-5-7-19(11-22)31(55)56/h4-11,13-15H,35-36H2,1-2H3,(H,53,54)(H,55,56). The smallest absolute Gasteiger partial charge is 0.335 e. The third-order valence-electron chi connectivity index (χ3n) is 7.93. The van der Waals surface area contributed by atoms with Crippen molar-refractivity contribution in [2.45, 2.75) is 13.8 Å². The van der Waals surface area contributed by atoms with Gasteiger partial charge in [-0.3, -0.25) is 0 Å². The minimum atomic E-state index is -1.14. The fourth-order valence-electron chi connectivity index (χ4n) is 5.25. The zero-order valence-corrected chi connectivity index (χ0v) is 28.8. The van der Waals surface area contributed by atoms with Crippen LogP contribution in [0.25, 0.3) is 28.1 Å². The Hall–Kier alpha value is -8.99. The summed E-state index contributed by atoms with van der Waals surface area (Å²) in [6, 6.07) is 13.8. The molecule has 0 saturated carbocycles. The van der Waals surface area contributed by atoms with Crippen LogP contribution in [-0.2, 0) is 0 Å². The molecule has 0 saturated heterocycles. The van der Waals surface area contributed by atoms with E-state index in [0.717, 1.165) is 0 Å². The second kappa shape index (κ2) is 14.2. The fraction of sp³-hybridized carbons (Fsp3) is 0.0606. The number of carbonyl (C=O) groups is 2. The van der Waals surface area contributed by atoms with E-state index in [9.17, 15) is 25.1 Å². The van der Waals surface area contributed by atoms with Crippen LogP contribution in [0, 0.1) is 31.8 Å². The molecule has 0 aliphatic heterocycles. The van der Waals surface area contributed by atoms with Gasteiger partial charge < -0.3 is 21.7 Å². The Morgan fingerprint density at radius 1 is 0.768 bits per heavy atom. The number of aromatic nitrogens is 11. The summed E-state index contributed by atoms with van der Waals surface area (Å²) >= 11 is 0. The number of nitrogens with zero attached hydrogens (tertiary/aromatic N) is 17. The third kappa shape index (κ3) is 6.37. The summed E-state index contributed by atoms with van der Waals surface area (Å²) in [5.41, 5.74) is 14.6. The maximum absolute atomic E-state index is 11.5. The van der Waals surface area contributed by atoms with Crippen LogP contribution in [0.5, 0.6) is 0 Å². The summed E-state index contributed by atoms with van der Waals surface area (Å²) in [7, 11) is 0. The number of benzene rings is 2. The number of carboxylic acid groups (broad SMARTS) is 2. The molecule has 0 amide bonds. The number of anilines is 2. The van der Waals surface area contributed by atoms with E-state index in [4.69, 9.17) is 18.0 Å². The van der Waals surface area contributed by atoms with Gasteiger partial charge in [-0.25, -0.2) is 23.8 Å². The van der Waals surface area contributed by atoms with Gasteiger partial charge in [0.25, 0.3) is 17.6 Å². The van der Waals surface area contributed by atoms with Gasteiger partial charge in [-0.1, -0.05) is 12.1 Å². The number of aryl methyl sites for hydroxylation is 2. The van der Waals surface area contributed by atoms with E-state index >= 15 is 0 Å². The molecule has 23 nitrogen and oxygen atoms in total. The molecule has 0 aliphatic carbocycles. The Balaban J connectivity index is 1.19. The van der Waals surface area contributed by atoms with E-state index in [1.165, 1.54) is 73.8 Å². The van der Waals surface area contributed by atoms with Gasteiger partial charge in [0.2, 0.25) is 0 Å². The maximum atomic E-state index is 11.5. The quantitative estimate of drug-likeness (QED) is 0.105. The van der Waals surface area contributed by atoms with Crippen LogP contribution < -0.4 is 11.5 Å². The predicted octanol–water partition coefficient (Wildman–Crippen LogP) is 5.05. The molecular formula is C33H23N19O4. The summed E-state index contributed by atoms with van der Waals surface area (Å²) in [6.45, 7) is 10.8. The van der Waals surface area contributed by atoms with E-state index in [-0.39, 0.29) is 68.9 Å². The van der Waals surface area contributed by atoms with Gasteiger partial charge in [0.15, 0.2) is 34.6 Å². The van der Waals surface area contributed by atoms with Crippen molar-refractivity contribution in [3.8, 4) is 29.3 Å². The van der Waals surface area contributed by atoms with Crippen LogP contribution in [0.15, 0.2) is 87.7 Å². The number of carboxylic acids is 2. The average Bonchev–Trinajstić information content (AvgIpc) is 3.96. The molecule has 0 bridgehead atoms. The van der Waals surface area contributed by atoms with Crippen LogP contribution in [0.1, 0.15) is 37.7 Å². The molecule has 0 aliphatic rings. The normalized spacial score (nSPS) is 11.3. The second-order valence-electron chi connectivity index (χ2n) is 11.4. The van der Waals surface area contributed by atoms with Crippen LogP contribution in [-0.4, -0.2) is 76.2 Å². The first-order chi connectivity index (χ1) is 27.0. The molecule has 6 N–H and O–H groups in total.